The molecule has 0 spiro atoms. The molecule has 1 saturated carbocycles. The van der Waals surface area contributed by atoms with Gasteiger partial charge in [0.25, 0.3) is 0 Å². The lowest BCUT2D eigenvalue weighted by molar-refractivity contribution is 0.265. The third-order valence-corrected chi connectivity index (χ3v) is 6.11. The predicted octanol–water partition coefficient (Wildman–Crippen LogP) is 4.85. The lowest BCUT2D eigenvalue weighted by atomic mass is 9.83. The Bertz CT molecular complexity index is 1140. The van der Waals surface area contributed by atoms with Crippen LogP contribution in [0.15, 0.2) is 31.1 Å². The lowest BCUT2D eigenvalue weighted by Crippen LogP contribution is -2.19. The van der Waals surface area contributed by atoms with E-state index in [1.807, 2.05) is 0 Å². The second kappa shape index (κ2) is 8.55. The average molecular weight is 422 g/mol. The summed E-state index contributed by atoms with van der Waals surface area (Å²) in [6, 6.07) is 5.59. The van der Waals surface area contributed by atoms with Crippen molar-refractivity contribution in [3.05, 3.63) is 47.6 Å². The van der Waals surface area contributed by atoms with Gasteiger partial charge in [0.15, 0.2) is 0 Å². The van der Waals surface area contributed by atoms with E-state index in [0.29, 0.717) is 33.5 Å². The minimum Gasteiger partial charge on any atom is -0.392 e. The normalized spacial score (nSPS) is 19.0. The van der Waals surface area contributed by atoms with Gasteiger partial charge in [-0.05, 0) is 30.7 Å². The van der Waals surface area contributed by atoms with Gasteiger partial charge in [0.2, 0.25) is 0 Å². The number of fused-ring (bicyclic) bond motifs is 1. The van der Waals surface area contributed by atoms with Crippen LogP contribution in [0.5, 0.6) is 0 Å². The fourth-order valence-electron chi connectivity index (χ4n) is 4.24. The molecule has 1 aliphatic carbocycles. The number of imidazole rings is 1. The minimum absolute atomic E-state index is 0.183. The summed E-state index contributed by atoms with van der Waals surface area (Å²) in [6.07, 6.45) is 8.00. The van der Waals surface area contributed by atoms with Crippen molar-refractivity contribution in [3.8, 4) is 17.3 Å². The first-order valence-electron chi connectivity index (χ1n) is 10.2. The average Bonchev–Trinajstić information content (AvgIpc) is 3.12. The van der Waals surface area contributed by atoms with Crippen LogP contribution in [-0.2, 0) is 6.54 Å². The molecule has 0 atom stereocenters. The number of halogens is 1. The van der Waals surface area contributed by atoms with E-state index in [4.69, 9.17) is 16.6 Å². The summed E-state index contributed by atoms with van der Waals surface area (Å²) in [5.41, 5.74) is 3.64. The van der Waals surface area contributed by atoms with Crippen LogP contribution in [0.3, 0.4) is 0 Å². The zero-order valence-electron chi connectivity index (χ0n) is 17.0. The fourth-order valence-corrected chi connectivity index (χ4v) is 4.42. The van der Waals surface area contributed by atoms with Crippen molar-refractivity contribution in [1.29, 1.82) is 5.26 Å². The Labute approximate surface area is 180 Å². The van der Waals surface area contributed by atoms with E-state index < -0.39 is 0 Å². The van der Waals surface area contributed by atoms with E-state index >= 15 is 0 Å². The Morgan fingerprint density at radius 3 is 2.70 bits per heavy atom. The molecule has 0 saturated heterocycles. The van der Waals surface area contributed by atoms with Gasteiger partial charge in [-0.1, -0.05) is 37.9 Å². The summed E-state index contributed by atoms with van der Waals surface area (Å²) in [5, 5.41) is 19.7. The van der Waals surface area contributed by atoms with Crippen molar-refractivity contribution in [2.24, 2.45) is 11.8 Å². The van der Waals surface area contributed by atoms with Gasteiger partial charge in [-0.2, -0.15) is 5.26 Å². The predicted molar refractivity (Wildman–Crippen MR) is 118 cm³/mol. The molecule has 0 aromatic carbocycles. The highest BCUT2D eigenvalue weighted by atomic mass is 35.5. The third-order valence-electron chi connectivity index (χ3n) is 5.90. The number of aliphatic hydroxyl groups excluding tert-OH is 1. The second-order valence-corrected chi connectivity index (χ2v) is 8.60. The van der Waals surface area contributed by atoms with Gasteiger partial charge in [-0.3, -0.25) is 4.98 Å². The molecule has 3 heterocycles. The summed E-state index contributed by atoms with van der Waals surface area (Å²) >= 11 is 6.18. The summed E-state index contributed by atoms with van der Waals surface area (Å²) in [6.45, 7) is 6.90. The van der Waals surface area contributed by atoms with Crippen molar-refractivity contribution in [3.63, 3.8) is 0 Å². The van der Waals surface area contributed by atoms with Crippen molar-refractivity contribution in [1.82, 2.24) is 19.5 Å². The topological polar surface area (TPSA) is 87.6 Å². The van der Waals surface area contributed by atoms with Crippen LogP contribution in [0, 0.1) is 23.2 Å². The lowest BCUT2D eigenvalue weighted by Gasteiger charge is -2.27. The Kier molecular flexibility index (Phi) is 5.85. The first-order chi connectivity index (χ1) is 14.5. The number of rotatable bonds is 5. The number of aliphatic hydroxyl groups is 1. The largest absolute Gasteiger partial charge is 0.392 e. The van der Waals surface area contributed by atoms with Gasteiger partial charge in [0, 0.05) is 36.1 Å². The minimum atomic E-state index is -0.183. The highest BCUT2D eigenvalue weighted by molar-refractivity contribution is 6.30. The van der Waals surface area contributed by atoms with Gasteiger partial charge in [-0.15, -0.1) is 0 Å². The van der Waals surface area contributed by atoms with Gasteiger partial charge >= 0.3 is 0 Å². The standard InChI is InChI=1S/C23H24ClN5O/c1-14-3-5-16(6-4-14)12-29-22-20(28-23(29)15(2)13-30)8-19(9-25)27-21(22)17-7-18(24)11-26-10-17/h7-8,10-11,14,16,30H,2-6,12-13H2,1H3/t14-,16-. The van der Waals surface area contributed by atoms with E-state index in [1.54, 1.807) is 24.5 Å². The van der Waals surface area contributed by atoms with Crippen LogP contribution < -0.4 is 0 Å². The van der Waals surface area contributed by atoms with Crippen LogP contribution in [0.1, 0.15) is 44.1 Å². The van der Waals surface area contributed by atoms with Crippen molar-refractivity contribution in [2.75, 3.05) is 6.61 Å². The highest BCUT2D eigenvalue weighted by Crippen LogP contribution is 2.35. The Morgan fingerprint density at radius 2 is 2.03 bits per heavy atom. The molecule has 7 heteroatoms. The molecule has 0 radical (unpaired) electrons. The molecule has 0 unspecified atom stereocenters. The number of nitrogens with zero attached hydrogens (tertiary/aromatic N) is 5. The Balaban J connectivity index is 1.92. The molecule has 0 amide bonds. The zero-order valence-corrected chi connectivity index (χ0v) is 17.7. The Hall–Kier alpha value is -2.75. The molecule has 6 nitrogen and oxygen atoms in total. The van der Waals surface area contributed by atoms with Gasteiger partial charge in [-0.25, -0.2) is 9.97 Å². The number of pyridine rings is 2. The number of aromatic nitrogens is 4. The summed E-state index contributed by atoms with van der Waals surface area (Å²) in [4.78, 5) is 13.5. The third kappa shape index (κ3) is 3.96. The van der Waals surface area contributed by atoms with Gasteiger partial charge in [0.05, 0.1) is 28.4 Å². The second-order valence-electron chi connectivity index (χ2n) is 8.16. The molecule has 4 rings (SSSR count). The first-order valence-corrected chi connectivity index (χ1v) is 10.6. The number of hydrogen-bond donors (Lipinski definition) is 1. The van der Waals surface area contributed by atoms with Gasteiger partial charge < -0.3 is 9.67 Å². The summed E-state index contributed by atoms with van der Waals surface area (Å²) in [5.74, 6) is 1.92. The number of hydrogen-bond acceptors (Lipinski definition) is 5. The smallest absolute Gasteiger partial charge is 0.143 e. The molecule has 30 heavy (non-hydrogen) atoms. The maximum Gasteiger partial charge on any atom is 0.143 e. The molecular weight excluding hydrogens is 398 g/mol. The molecular formula is C23H24ClN5O. The maximum atomic E-state index is 9.75. The van der Waals surface area contributed by atoms with Crippen LogP contribution >= 0.6 is 11.6 Å². The Morgan fingerprint density at radius 1 is 1.27 bits per heavy atom. The molecule has 3 aromatic rings. The summed E-state index contributed by atoms with van der Waals surface area (Å²) < 4.78 is 2.11. The zero-order chi connectivity index (χ0) is 21.3. The van der Waals surface area contributed by atoms with E-state index in [2.05, 4.69) is 34.1 Å². The van der Waals surface area contributed by atoms with E-state index in [9.17, 15) is 10.4 Å². The molecule has 0 aliphatic heterocycles. The SMILES string of the molecule is C=C(CO)c1nc2cc(C#N)nc(-c3cncc(Cl)c3)c2n1C[C@H]1CC[C@H](C)CC1. The van der Waals surface area contributed by atoms with Crippen molar-refractivity contribution in [2.45, 2.75) is 39.2 Å². The van der Waals surface area contributed by atoms with Crippen LogP contribution in [0.25, 0.3) is 27.9 Å². The first kappa shape index (κ1) is 20.5. The molecule has 154 valence electrons. The van der Waals surface area contributed by atoms with Crippen LogP contribution in [0.2, 0.25) is 5.02 Å². The molecule has 1 fully saturated rings. The van der Waals surface area contributed by atoms with Crippen LogP contribution in [0.4, 0.5) is 0 Å². The molecule has 1 aliphatic rings. The van der Waals surface area contributed by atoms with Crippen LogP contribution in [-0.4, -0.2) is 31.2 Å². The highest BCUT2D eigenvalue weighted by Gasteiger charge is 2.24. The van der Waals surface area contributed by atoms with E-state index in [1.165, 1.54) is 12.8 Å². The monoisotopic (exact) mass is 421 g/mol. The van der Waals surface area contributed by atoms with E-state index in [-0.39, 0.29) is 12.3 Å². The van der Waals surface area contributed by atoms with Gasteiger partial charge in [0.1, 0.15) is 17.6 Å². The summed E-state index contributed by atoms with van der Waals surface area (Å²) in [7, 11) is 0. The number of nitriles is 1. The van der Waals surface area contributed by atoms with Crippen molar-refractivity contribution >= 4 is 28.2 Å². The van der Waals surface area contributed by atoms with E-state index in [0.717, 1.165) is 36.4 Å². The quantitative estimate of drug-likeness (QED) is 0.636. The molecule has 3 aromatic heterocycles. The fraction of sp³-hybridized carbons (Fsp3) is 0.391. The molecule has 0 bridgehead atoms. The maximum absolute atomic E-state index is 9.75. The molecule has 1 N–H and O–H groups in total. The van der Waals surface area contributed by atoms with Crippen molar-refractivity contribution < 1.29 is 5.11 Å².